The summed E-state index contributed by atoms with van der Waals surface area (Å²) in [6, 6.07) is 2.59. The number of ether oxygens (including phenoxy) is 1. The van der Waals surface area contributed by atoms with E-state index >= 15 is 0 Å². The molecule has 23 heavy (non-hydrogen) atoms. The molecule has 1 aliphatic heterocycles. The van der Waals surface area contributed by atoms with E-state index in [0.717, 1.165) is 0 Å². The number of halogens is 3. The minimum atomic E-state index is -0.715. The maximum absolute atomic E-state index is 14.0. The summed E-state index contributed by atoms with van der Waals surface area (Å²) < 4.78 is 19.1. The van der Waals surface area contributed by atoms with Gasteiger partial charge in [0, 0.05) is 11.0 Å². The molecule has 0 fully saturated rings. The first-order valence-corrected chi connectivity index (χ1v) is 7.70. The van der Waals surface area contributed by atoms with Crippen molar-refractivity contribution in [3.8, 4) is 0 Å². The number of hydrogen-bond acceptors (Lipinski definition) is 5. The molecule has 0 aromatic heterocycles. The molecule has 0 unspecified atom stereocenters. The molecule has 2 rings (SSSR count). The average Bonchev–Trinajstić information content (AvgIpc) is 2.84. The molecule has 0 aliphatic carbocycles. The van der Waals surface area contributed by atoms with Gasteiger partial charge >= 0.3 is 5.97 Å². The fraction of sp³-hybridized carbons (Fsp3) is 0.286. The van der Waals surface area contributed by atoms with Crippen molar-refractivity contribution in [3.63, 3.8) is 0 Å². The van der Waals surface area contributed by atoms with Crippen LogP contribution in [0.2, 0.25) is 5.02 Å². The molecule has 1 heterocycles. The van der Waals surface area contributed by atoms with Crippen LogP contribution in [0.3, 0.4) is 0 Å². The Labute approximate surface area is 145 Å². The largest absolute Gasteiger partial charge is 0.466 e. The third-order valence-corrected chi connectivity index (χ3v) is 4.53. The molecule has 0 radical (unpaired) electrons. The van der Waals surface area contributed by atoms with Crippen LogP contribution in [-0.4, -0.2) is 48.7 Å². The van der Waals surface area contributed by atoms with Gasteiger partial charge in [0.05, 0.1) is 36.5 Å². The maximum Gasteiger partial charge on any atom is 0.337 e. The van der Waals surface area contributed by atoms with E-state index < -0.39 is 17.7 Å². The molecule has 1 aromatic carbocycles. The second-order valence-electron chi connectivity index (χ2n) is 4.64. The Hall–Kier alpha value is -1.64. The predicted octanol–water partition coefficient (Wildman–Crippen LogP) is 1.92. The predicted molar refractivity (Wildman–Crippen MR) is 85.4 cm³/mol. The smallest absolute Gasteiger partial charge is 0.337 e. The maximum atomic E-state index is 14.0. The molecule has 0 bridgehead atoms. The van der Waals surface area contributed by atoms with Gasteiger partial charge in [0.25, 0.3) is 5.91 Å². The van der Waals surface area contributed by atoms with Gasteiger partial charge < -0.3 is 20.1 Å². The van der Waals surface area contributed by atoms with Gasteiger partial charge in [0.1, 0.15) is 11.5 Å². The number of β-amino-alcohol motifs (C(OH)–C–C–N with tert-alkyl or cyclic N) is 1. The van der Waals surface area contributed by atoms with E-state index in [1.807, 2.05) is 0 Å². The summed E-state index contributed by atoms with van der Waals surface area (Å²) in [6.07, 6.45) is 0. The second kappa shape index (κ2) is 7.29. The standard InChI is InChI=1S/C14H13BrClFN2O4/c1-23-14(22)7-6-19(4-5-20)13(21)11(7)18-12-9(17)3-2-8(15)10(12)16/h2-3,18,20H,4-6H2,1H3. The summed E-state index contributed by atoms with van der Waals surface area (Å²) >= 11 is 9.19. The van der Waals surface area contributed by atoms with Crippen LogP contribution in [0.4, 0.5) is 10.1 Å². The monoisotopic (exact) mass is 406 g/mol. The number of carbonyl (C=O) groups is 2. The third kappa shape index (κ3) is 3.49. The summed E-state index contributed by atoms with van der Waals surface area (Å²) in [5.41, 5.74) is -0.206. The molecule has 1 aromatic rings. The lowest BCUT2D eigenvalue weighted by Gasteiger charge is -2.15. The van der Waals surface area contributed by atoms with E-state index in [4.69, 9.17) is 16.7 Å². The van der Waals surface area contributed by atoms with Gasteiger partial charge in [-0.05, 0) is 28.1 Å². The van der Waals surface area contributed by atoms with Crippen molar-refractivity contribution >= 4 is 45.1 Å². The van der Waals surface area contributed by atoms with E-state index in [0.29, 0.717) is 4.47 Å². The van der Waals surface area contributed by atoms with Crippen molar-refractivity contribution in [1.29, 1.82) is 0 Å². The van der Waals surface area contributed by atoms with E-state index in [1.165, 1.54) is 24.1 Å². The van der Waals surface area contributed by atoms with Crippen LogP contribution in [0.25, 0.3) is 0 Å². The summed E-state index contributed by atoms with van der Waals surface area (Å²) in [4.78, 5) is 25.4. The fourth-order valence-corrected chi connectivity index (χ4v) is 2.65. The Balaban J connectivity index is 2.43. The van der Waals surface area contributed by atoms with Crippen LogP contribution in [0.15, 0.2) is 27.9 Å². The summed E-state index contributed by atoms with van der Waals surface area (Å²) in [7, 11) is 1.18. The Kier molecular flexibility index (Phi) is 5.61. The Morgan fingerprint density at radius 1 is 1.57 bits per heavy atom. The molecule has 124 valence electrons. The van der Waals surface area contributed by atoms with Crippen molar-refractivity contribution in [3.05, 3.63) is 38.7 Å². The topological polar surface area (TPSA) is 78.9 Å². The Morgan fingerprint density at radius 3 is 2.87 bits per heavy atom. The SMILES string of the molecule is COC(=O)C1=C(Nc2c(F)ccc(Br)c2Cl)C(=O)N(CCO)C1. The highest BCUT2D eigenvalue weighted by molar-refractivity contribution is 9.10. The van der Waals surface area contributed by atoms with Crippen molar-refractivity contribution in [2.75, 3.05) is 32.1 Å². The van der Waals surface area contributed by atoms with Crippen molar-refractivity contribution in [2.24, 2.45) is 0 Å². The lowest BCUT2D eigenvalue weighted by Crippen LogP contribution is -2.31. The Morgan fingerprint density at radius 2 is 2.26 bits per heavy atom. The number of methoxy groups -OCH3 is 1. The molecular formula is C14H13BrClFN2O4. The summed E-state index contributed by atoms with van der Waals surface area (Å²) in [5.74, 6) is -1.94. The zero-order chi connectivity index (χ0) is 17.1. The highest BCUT2D eigenvalue weighted by Gasteiger charge is 2.35. The summed E-state index contributed by atoms with van der Waals surface area (Å²) in [6.45, 7) is -0.264. The number of nitrogens with zero attached hydrogens (tertiary/aromatic N) is 1. The van der Waals surface area contributed by atoms with Crippen LogP contribution in [0.5, 0.6) is 0 Å². The number of rotatable bonds is 5. The lowest BCUT2D eigenvalue weighted by atomic mass is 10.2. The van der Waals surface area contributed by atoms with Crippen molar-refractivity contribution in [1.82, 2.24) is 4.90 Å². The van der Waals surface area contributed by atoms with Gasteiger partial charge in [-0.1, -0.05) is 11.6 Å². The first-order valence-electron chi connectivity index (χ1n) is 6.52. The fourth-order valence-electron chi connectivity index (χ4n) is 2.12. The number of anilines is 1. The number of aliphatic hydroxyl groups excluding tert-OH is 1. The van der Waals surface area contributed by atoms with Gasteiger partial charge in [0.2, 0.25) is 0 Å². The number of benzene rings is 1. The number of carbonyl (C=O) groups excluding carboxylic acids is 2. The average molecular weight is 408 g/mol. The quantitative estimate of drug-likeness (QED) is 0.576. The molecule has 1 aliphatic rings. The highest BCUT2D eigenvalue weighted by Crippen LogP contribution is 2.34. The molecule has 9 heteroatoms. The van der Waals surface area contributed by atoms with E-state index in [9.17, 15) is 14.0 Å². The first kappa shape index (κ1) is 17.7. The molecule has 0 atom stereocenters. The Bertz CT molecular complexity index is 696. The lowest BCUT2D eigenvalue weighted by molar-refractivity contribution is -0.136. The van der Waals surface area contributed by atoms with Crippen LogP contribution in [-0.2, 0) is 14.3 Å². The zero-order valence-electron chi connectivity index (χ0n) is 12.0. The molecule has 0 saturated carbocycles. The number of esters is 1. The normalized spacial score (nSPS) is 14.5. The minimum absolute atomic E-state index is 0.0372. The van der Waals surface area contributed by atoms with E-state index in [-0.39, 0.29) is 41.7 Å². The van der Waals surface area contributed by atoms with Crippen molar-refractivity contribution in [2.45, 2.75) is 0 Å². The van der Waals surface area contributed by atoms with E-state index in [2.05, 4.69) is 26.0 Å². The molecule has 1 amide bonds. The zero-order valence-corrected chi connectivity index (χ0v) is 14.4. The molecular weight excluding hydrogens is 395 g/mol. The van der Waals surface area contributed by atoms with Gasteiger partial charge in [-0.25, -0.2) is 9.18 Å². The molecule has 0 saturated heterocycles. The van der Waals surface area contributed by atoms with Crippen LogP contribution in [0.1, 0.15) is 0 Å². The van der Waals surface area contributed by atoms with Crippen LogP contribution in [0, 0.1) is 5.82 Å². The number of hydrogen-bond donors (Lipinski definition) is 2. The van der Waals surface area contributed by atoms with Crippen LogP contribution < -0.4 is 5.32 Å². The molecule has 2 N–H and O–H groups in total. The van der Waals surface area contributed by atoms with Gasteiger partial charge in [-0.15, -0.1) is 0 Å². The van der Waals surface area contributed by atoms with Crippen LogP contribution >= 0.6 is 27.5 Å². The summed E-state index contributed by atoms with van der Waals surface area (Å²) in [5, 5.41) is 11.6. The molecule has 6 nitrogen and oxygen atoms in total. The highest BCUT2D eigenvalue weighted by atomic mass is 79.9. The van der Waals surface area contributed by atoms with Gasteiger partial charge in [-0.3, -0.25) is 4.79 Å². The van der Waals surface area contributed by atoms with E-state index in [1.54, 1.807) is 0 Å². The molecule has 0 spiro atoms. The number of aliphatic hydroxyl groups is 1. The van der Waals surface area contributed by atoms with Crippen molar-refractivity contribution < 1.29 is 23.8 Å². The third-order valence-electron chi connectivity index (χ3n) is 3.25. The minimum Gasteiger partial charge on any atom is -0.466 e. The number of nitrogens with one attached hydrogen (secondary N) is 1. The number of amides is 1. The second-order valence-corrected chi connectivity index (χ2v) is 5.87. The van der Waals surface area contributed by atoms with Gasteiger partial charge in [0.15, 0.2) is 0 Å². The first-order chi connectivity index (χ1) is 10.9. The van der Waals surface area contributed by atoms with Gasteiger partial charge in [-0.2, -0.15) is 0 Å².